The summed E-state index contributed by atoms with van der Waals surface area (Å²) in [5.41, 5.74) is 0. The fraction of sp³-hybridized carbons (Fsp3) is 1.00. The zero-order valence-electron chi connectivity index (χ0n) is 5.13. The van der Waals surface area contributed by atoms with Crippen molar-refractivity contribution in [3.63, 3.8) is 0 Å². The average molecular weight is 116 g/mol. The molecule has 1 aliphatic heterocycles. The SMILES string of the molecule is CCC1CCOC1O. The molecule has 0 aromatic heterocycles. The van der Waals surface area contributed by atoms with Gasteiger partial charge < -0.3 is 9.84 Å². The Morgan fingerprint density at radius 1 is 1.75 bits per heavy atom. The Hall–Kier alpha value is -0.0800. The van der Waals surface area contributed by atoms with E-state index >= 15 is 0 Å². The van der Waals surface area contributed by atoms with E-state index in [-0.39, 0.29) is 0 Å². The van der Waals surface area contributed by atoms with Crippen LogP contribution < -0.4 is 0 Å². The molecule has 2 atom stereocenters. The molecule has 1 rings (SSSR count). The zero-order chi connectivity index (χ0) is 5.98. The third-order valence-electron chi connectivity index (χ3n) is 1.70. The molecule has 1 aliphatic rings. The van der Waals surface area contributed by atoms with Gasteiger partial charge in [-0.1, -0.05) is 6.92 Å². The Morgan fingerprint density at radius 3 is 2.75 bits per heavy atom. The third-order valence-corrected chi connectivity index (χ3v) is 1.70. The van der Waals surface area contributed by atoms with Gasteiger partial charge in [-0.2, -0.15) is 0 Å². The second-order valence-corrected chi connectivity index (χ2v) is 2.22. The lowest BCUT2D eigenvalue weighted by Gasteiger charge is -2.07. The predicted octanol–water partition coefficient (Wildman–Crippen LogP) is 0.751. The van der Waals surface area contributed by atoms with Gasteiger partial charge in [0.1, 0.15) is 0 Å². The zero-order valence-corrected chi connectivity index (χ0v) is 5.13. The lowest BCUT2D eigenvalue weighted by molar-refractivity contribution is -0.0825. The minimum absolute atomic E-state index is 0.398. The molecule has 1 saturated heterocycles. The summed E-state index contributed by atoms with van der Waals surface area (Å²) >= 11 is 0. The van der Waals surface area contributed by atoms with E-state index in [1.807, 2.05) is 0 Å². The number of hydrogen-bond acceptors (Lipinski definition) is 2. The second kappa shape index (κ2) is 2.46. The van der Waals surface area contributed by atoms with E-state index in [4.69, 9.17) is 9.84 Å². The molecule has 1 N–H and O–H groups in total. The molecule has 0 spiro atoms. The van der Waals surface area contributed by atoms with Crippen molar-refractivity contribution in [2.45, 2.75) is 26.1 Å². The summed E-state index contributed by atoms with van der Waals surface area (Å²) < 4.78 is 4.91. The molecule has 0 bridgehead atoms. The van der Waals surface area contributed by atoms with E-state index in [1.54, 1.807) is 0 Å². The van der Waals surface area contributed by atoms with Gasteiger partial charge in [0.25, 0.3) is 0 Å². The van der Waals surface area contributed by atoms with Crippen molar-refractivity contribution in [2.75, 3.05) is 6.61 Å². The van der Waals surface area contributed by atoms with Gasteiger partial charge in [0.05, 0.1) is 6.61 Å². The van der Waals surface area contributed by atoms with Gasteiger partial charge >= 0.3 is 0 Å². The van der Waals surface area contributed by atoms with Crippen molar-refractivity contribution in [1.29, 1.82) is 0 Å². The van der Waals surface area contributed by atoms with E-state index in [0.717, 1.165) is 19.4 Å². The first kappa shape index (κ1) is 6.05. The normalized spacial score (nSPS) is 38.2. The Kier molecular flexibility index (Phi) is 1.86. The maximum atomic E-state index is 8.97. The van der Waals surface area contributed by atoms with E-state index < -0.39 is 6.29 Å². The van der Waals surface area contributed by atoms with Crippen molar-refractivity contribution in [2.24, 2.45) is 5.92 Å². The average Bonchev–Trinajstić information content (AvgIpc) is 2.14. The van der Waals surface area contributed by atoms with Gasteiger partial charge in [0.2, 0.25) is 0 Å². The quantitative estimate of drug-likeness (QED) is 0.547. The van der Waals surface area contributed by atoms with Crippen molar-refractivity contribution < 1.29 is 9.84 Å². The van der Waals surface area contributed by atoms with Crippen LogP contribution in [0.5, 0.6) is 0 Å². The van der Waals surface area contributed by atoms with Gasteiger partial charge in [0, 0.05) is 5.92 Å². The summed E-state index contributed by atoms with van der Waals surface area (Å²) in [5.74, 6) is 0.398. The van der Waals surface area contributed by atoms with Crippen molar-refractivity contribution in [3.05, 3.63) is 0 Å². The van der Waals surface area contributed by atoms with Gasteiger partial charge in [-0.3, -0.25) is 0 Å². The minimum atomic E-state index is -0.472. The molecule has 48 valence electrons. The molecule has 1 fully saturated rings. The van der Waals surface area contributed by atoms with Crippen molar-refractivity contribution >= 4 is 0 Å². The van der Waals surface area contributed by atoms with Crippen LogP contribution in [0.1, 0.15) is 19.8 Å². The van der Waals surface area contributed by atoms with E-state index in [0.29, 0.717) is 5.92 Å². The van der Waals surface area contributed by atoms with Crippen LogP contribution in [-0.4, -0.2) is 18.0 Å². The van der Waals surface area contributed by atoms with E-state index in [1.165, 1.54) is 0 Å². The fourth-order valence-corrected chi connectivity index (χ4v) is 1.02. The first-order chi connectivity index (χ1) is 3.84. The first-order valence-corrected chi connectivity index (χ1v) is 3.14. The van der Waals surface area contributed by atoms with Crippen LogP contribution in [0.25, 0.3) is 0 Å². The van der Waals surface area contributed by atoms with Crippen LogP contribution in [0.2, 0.25) is 0 Å². The lowest BCUT2D eigenvalue weighted by atomic mass is 10.1. The predicted molar refractivity (Wildman–Crippen MR) is 30.4 cm³/mol. The van der Waals surface area contributed by atoms with E-state index in [9.17, 15) is 0 Å². The molecular weight excluding hydrogens is 104 g/mol. The van der Waals surface area contributed by atoms with Gasteiger partial charge in [-0.05, 0) is 12.8 Å². The summed E-state index contributed by atoms with van der Waals surface area (Å²) in [7, 11) is 0. The highest BCUT2D eigenvalue weighted by Crippen LogP contribution is 2.20. The highest BCUT2D eigenvalue weighted by Gasteiger charge is 2.23. The monoisotopic (exact) mass is 116 g/mol. The lowest BCUT2D eigenvalue weighted by Crippen LogP contribution is -2.12. The third kappa shape index (κ3) is 1.01. The number of ether oxygens (including phenoxy) is 1. The smallest absolute Gasteiger partial charge is 0.157 e. The molecule has 0 aromatic rings. The summed E-state index contributed by atoms with van der Waals surface area (Å²) in [4.78, 5) is 0. The van der Waals surface area contributed by atoms with Crippen LogP contribution in [0.3, 0.4) is 0 Å². The Balaban J connectivity index is 2.30. The number of hydrogen-bond donors (Lipinski definition) is 1. The molecule has 2 nitrogen and oxygen atoms in total. The van der Waals surface area contributed by atoms with Crippen LogP contribution in [0.4, 0.5) is 0 Å². The first-order valence-electron chi connectivity index (χ1n) is 3.14. The summed E-state index contributed by atoms with van der Waals surface area (Å²) in [6.45, 7) is 2.81. The molecule has 0 amide bonds. The molecule has 0 aliphatic carbocycles. The van der Waals surface area contributed by atoms with Gasteiger partial charge in [-0.15, -0.1) is 0 Å². The second-order valence-electron chi connectivity index (χ2n) is 2.22. The molecule has 2 heteroatoms. The highest BCUT2D eigenvalue weighted by molar-refractivity contribution is 4.65. The molecule has 2 unspecified atom stereocenters. The molecule has 0 saturated carbocycles. The van der Waals surface area contributed by atoms with Crippen LogP contribution in [0, 0.1) is 5.92 Å². The molecular formula is C6H12O2. The maximum Gasteiger partial charge on any atom is 0.157 e. The highest BCUT2D eigenvalue weighted by atomic mass is 16.6. The van der Waals surface area contributed by atoms with Crippen molar-refractivity contribution in [3.8, 4) is 0 Å². The molecule has 8 heavy (non-hydrogen) atoms. The van der Waals surface area contributed by atoms with Crippen LogP contribution in [-0.2, 0) is 4.74 Å². The Labute approximate surface area is 49.5 Å². The van der Waals surface area contributed by atoms with Gasteiger partial charge in [0.15, 0.2) is 6.29 Å². The molecule has 1 heterocycles. The minimum Gasteiger partial charge on any atom is -0.368 e. The molecule has 0 radical (unpaired) electrons. The topological polar surface area (TPSA) is 29.5 Å². The van der Waals surface area contributed by atoms with Crippen LogP contribution in [0.15, 0.2) is 0 Å². The standard InChI is InChI=1S/C6H12O2/c1-2-5-3-4-8-6(5)7/h5-7H,2-4H2,1H3. The van der Waals surface area contributed by atoms with Crippen molar-refractivity contribution in [1.82, 2.24) is 0 Å². The maximum absolute atomic E-state index is 8.97. The molecule has 0 aromatic carbocycles. The number of aliphatic hydroxyl groups is 1. The summed E-state index contributed by atoms with van der Waals surface area (Å²) in [6, 6.07) is 0. The Bertz CT molecular complexity index is 72.9. The number of rotatable bonds is 1. The summed E-state index contributed by atoms with van der Waals surface area (Å²) in [5, 5.41) is 8.97. The number of aliphatic hydroxyl groups excluding tert-OH is 1. The largest absolute Gasteiger partial charge is 0.368 e. The van der Waals surface area contributed by atoms with Crippen LogP contribution >= 0.6 is 0 Å². The fourth-order valence-electron chi connectivity index (χ4n) is 1.02. The Morgan fingerprint density at radius 2 is 2.50 bits per heavy atom. The summed E-state index contributed by atoms with van der Waals surface area (Å²) in [6.07, 6.45) is 1.58. The van der Waals surface area contributed by atoms with E-state index in [2.05, 4.69) is 6.92 Å². The van der Waals surface area contributed by atoms with Gasteiger partial charge in [-0.25, -0.2) is 0 Å².